The number of piperidine rings is 3. The topological polar surface area (TPSA) is 344 Å². The quantitative estimate of drug-likeness (QED) is 0.0269. The fourth-order valence-corrected chi connectivity index (χ4v) is 13.3. The summed E-state index contributed by atoms with van der Waals surface area (Å²) in [5.41, 5.74) is 10.5. The average molecular weight is 1420 g/mol. The first-order chi connectivity index (χ1) is 49.4. The molecule has 7 heterocycles. The molecule has 3 aromatic carbocycles. The molecule has 0 bridgehead atoms. The van der Waals surface area contributed by atoms with Crippen molar-refractivity contribution in [2.24, 2.45) is 12.8 Å². The first-order valence-corrected chi connectivity index (χ1v) is 35.2. The summed E-state index contributed by atoms with van der Waals surface area (Å²) in [5, 5.41) is 21.6. The van der Waals surface area contributed by atoms with Crippen LogP contribution in [0.25, 0.3) is 32.9 Å². The summed E-state index contributed by atoms with van der Waals surface area (Å²) in [6.45, 7) is 11.0. The van der Waals surface area contributed by atoms with Crippen molar-refractivity contribution in [2.45, 2.75) is 102 Å². The number of aryl methyl sites for hydroxylation is 1. The van der Waals surface area contributed by atoms with Gasteiger partial charge in [0.15, 0.2) is 11.5 Å². The zero-order chi connectivity index (χ0) is 72.1. The molecule has 31 heteroatoms. The molecule has 0 spiro atoms. The Morgan fingerprint density at radius 2 is 1.30 bits per heavy atom. The predicted molar refractivity (Wildman–Crippen MR) is 375 cm³/mol. The summed E-state index contributed by atoms with van der Waals surface area (Å²) in [6.07, 6.45) is 7.67. The summed E-state index contributed by atoms with van der Waals surface area (Å²) in [5.74, 6) is -2.20. The maximum atomic E-state index is 16.0. The Balaban J connectivity index is 0.536. The van der Waals surface area contributed by atoms with Crippen LogP contribution in [0.15, 0.2) is 67.0 Å². The number of rotatable bonds is 36. The predicted octanol–water partition coefficient (Wildman–Crippen LogP) is 4.36. The molecule has 0 saturated carbocycles. The van der Waals surface area contributed by atoms with E-state index in [4.69, 9.17) is 44.2 Å². The molecular weight excluding hydrogens is 1320 g/mol. The number of carbonyl (C=O) groups is 8. The summed E-state index contributed by atoms with van der Waals surface area (Å²) >= 11 is 0. The number of halogens is 1. The molecule has 550 valence electrons. The van der Waals surface area contributed by atoms with Gasteiger partial charge in [0.1, 0.15) is 24.7 Å². The number of urea groups is 1. The number of nitrogens with one attached hydrogen (secondary N) is 4. The van der Waals surface area contributed by atoms with Crippen LogP contribution in [0.4, 0.5) is 26.5 Å². The largest absolute Gasteiger partial charge is 0.462 e. The number of likely N-dealkylation sites (N-methyl/N-ethyl adjacent to an activating group) is 1. The third kappa shape index (κ3) is 20.7. The number of amides is 8. The molecule has 4 fully saturated rings. The molecule has 6 aromatic rings. The Morgan fingerprint density at radius 1 is 0.657 bits per heavy atom. The van der Waals surface area contributed by atoms with Gasteiger partial charge in [-0.05, 0) is 99.7 Å². The lowest BCUT2D eigenvalue weighted by Crippen LogP contribution is -2.49. The number of anilines is 3. The number of primary amides is 1. The van der Waals surface area contributed by atoms with Crippen molar-refractivity contribution in [2.75, 3.05) is 155 Å². The fourth-order valence-electron chi connectivity index (χ4n) is 13.3. The Labute approximate surface area is 591 Å². The van der Waals surface area contributed by atoms with Crippen LogP contribution in [0.2, 0.25) is 0 Å². The van der Waals surface area contributed by atoms with E-state index in [2.05, 4.69) is 48.4 Å². The molecule has 0 radical (unpaired) electrons. The number of hydrogen-bond acceptors (Lipinski definition) is 20. The van der Waals surface area contributed by atoms with Gasteiger partial charge in [0.25, 0.3) is 5.91 Å². The van der Waals surface area contributed by atoms with Gasteiger partial charge in [-0.3, -0.25) is 42.9 Å². The van der Waals surface area contributed by atoms with Crippen LogP contribution in [0, 0.1) is 5.82 Å². The van der Waals surface area contributed by atoms with Crippen molar-refractivity contribution in [1.82, 2.24) is 65.1 Å². The van der Waals surface area contributed by atoms with Crippen LogP contribution in [-0.2, 0) is 70.8 Å². The van der Waals surface area contributed by atoms with Crippen molar-refractivity contribution in [3.8, 4) is 11.1 Å². The van der Waals surface area contributed by atoms with Crippen molar-refractivity contribution in [1.29, 1.82) is 0 Å². The van der Waals surface area contributed by atoms with Crippen LogP contribution in [0.3, 0.4) is 0 Å². The number of aromatic nitrogens is 6. The maximum Gasteiger partial charge on any atom is 0.325 e. The van der Waals surface area contributed by atoms with E-state index < -0.39 is 29.5 Å². The average Bonchev–Trinajstić information content (AvgIpc) is 1.57. The van der Waals surface area contributed by atoms with Crippen LogP contribution in [-0.4, -0.2) is 254 Å². The molecule has 3 aromatic heterocycles. The zero-order valence-corrected chi connectivity index (χ0v) is 58.7. The zero-order valence-electron chi connectivity index (χ0n) is 58.7. The number of carbonyl (C=O) groups excluding carboxylic acids is 8. The number of nitrogens with zero attached hydrogens (tertiary/aromatic N) is 11. The van der Waals surface area contributed by atoms with Crippen molar-refractivity contribution >= 4 is 86.6 Å². The fraction of sp³-hybridized carbons (Fsp3) is 0.549. The van der Waals surface area contributed by atoms with E-state index in [0.29, 0.717) is 157 Å². The molecule has 8 amide bonds. The second-order valence-electron chi connectivity index (χ2n) is 26.1. The van der Waals surface area contributed by atoms with E-state index in [1.807, 2.05) is 35.0 Å². The van der Waals surface area contributed by atoms with Crippen LogP contribution < -0.4 is 31.9 Å². The molecule has 4 aliphatic rings. The van der Waals surface area contributed by atoms with E-state index in [0.717, 1.165) is 49.0 Å². The molecule has 0 aliphatic carbocycles. The third-order valence-electron chi connectivity index (χ3n) is 18.7. The number of likely N-dealkylation sites (tertiary alicyclic amines) is 2. The summed E-state index contributed by atoms with van der Waals surface area (Å²) in [6, 6.07) is 16.7. The van der Waals surface area contributed by atoms with Crippen molar-refractivity contribution < 1.29 is 71.2 Å². The molecule has 30 nitrogen and oxygen atoms in total. The number of benzene rings is 3. The number of esters is 1. The van der Waals surface area contributed by atoms with Gasteiger partial charge in [0.2, 0.25) is 29.5 Å². The summed E-state index contributed by atoms with van der Waals surface area (Å²) < 4.78 is 52.4. The van der Waals surface area contributed by atoms with Gasteiger partial charge in [-0.25, -0.2) is 19.2 Å². The van der Waals surface area contributed by atoms with Crippen LogP contribution in [0.1, 0.15) is 105 Å². The van der Waals surface area contributed by atoms with E-state index in [1.165, 1.54) is 10.7 Å². The molecule has 10 rings (SSSR count). The van der Waals surface area contributed by atoms with Gasteiger partial charge in [0.05, 0.1) is 120 Å². The van der Waals surface area contributed by atoms with Crippen LogP contribution in [0.5, 0.6) is 0 Å². The van der Waals surface area contributed by atoms with Gasteiger partial charge < -0.3 is 79.9 Å². The Morgan fingerprint density at radius 3 is 1.96 bits per heavy atom. The van der Waals surface area contributed by atoms with Gasteiger partial charge in [0, 0.05) is 114 Å². The molecule has 102 heavy (non-hydrogen) atoms. The van der Waals surface area contributed by atoms with E-state index >= 15 is 4.39 Å². The van der Waals surface area contributed by atoms with Gasteiger partial charge in [-0.1, -0.05) is 24.3 Å². The smallest absolute Gasteiger partial charge is 0.325 e. The summed E-state index contributed by atoms with van der Waals surface area (Å²) in [4.78, 5) is 121. The minimum atomic E-state index is -0.689. The van der Waals surface area contributed by atoms with Crippen molar-refractivity contribution in [3.05, 3.63) is 89.8 Å². The second-order valence-corrected chi connectivity index (χ2v) is 26.1. The molecule has 4 saturated heterocycles. The van der Waals surface area contributed by atoms with Gasteiger partial charge in [-0.15, -0.1) is 0 Å². The molecular formula is C71H95FN16O14. The van der Waals surface area contributed by atoms with E-state index in [-0.39, 0.29) is 111 Å². The molecule has 6 N–H and O–H groups in total. The van der Waals surface area contributed by atoms with E-state index in [9.17, 15) is 38.4 Å². The highest BCUT2D eigenvalue weighted by Gasteiger charge is 2.36. The lowest BCUT2D eigenvalue weighted by atomic mass is 9.88. The number of ether oxygens (including phenoxy) is 6. The van der Waals surface area contributed by atoms with Crippen molar-refractivity contribution in [3.63, 3.8) is 0 Å². The molecule has 1 atom stereocenters. The highest BCUT2D eigenvalue weighted by molar-refractivity contribution is 6.00. The van der Waals surface area contributed by atoms with Gasteiger partial charge >= 0.3 is 12.0 Å². The molecule has 4 aliphatic heterocycles. The Kier molecular flexibility index (Phi) is 27.3. The Hall–Kier alpha value is -9.43. The monoisotopic (exact) mass is 1410 g/mol. The maximum absolute atomic E-state index is 16.0. The van der Waals surface area contributed by atoms with E-state index in [1.54, 1.807) is 66.0 Å². The lowest BCUT2D eigenvalue weighted by Gasteiger charge is -2.37. The minimum absolute atomic E-state index is 0.00914. The standard InChI is InChI=1S/C71H95FN16O14/c1-47(2)102-65(94)44-76-61(90)43-75-62(91)46-88-57-9-5-8-54(55-40-58-51(39-56(55)72)41-78-83(58)4)66(57)67(81-88)50-18-25-84(26-19-50)63(92)15-14-60(89)74-21-30-98-32-34-100-36-38-101-37-35-99-33-31-97-29-20-64(93)85-23-16-49(17-24-85)48-10-12-52(13-11-48)79-70-68(69(73)95)77-42-59(80-70)86-22-6-7-53(45-86)87-28-27-82(3)71(87)96/h5,8-13,39-42,47,49-50,53H,6-7,14-38,43-46H2,1-4H3,(H2,73,95)(H,74,89)(H,75,91)(H,76,90)(H,79,80)/t53-/m1/s1. The summed E-state index contributed by atoms with van der Waals surface area (Å²) in [7, 11) is 3.60. The second kappa shape index (κ2) is 37.0. The Bertz CT molecular complexity index is 3870. The first-order valence-electron chi connectivity index (χ1n) is 35.2. The number of fused-ring (bicyclic) bond motifs is 2. The normalized spacial score (nSPS) is 16.2. The number of hydrogen-bond donors (Lipinski definition) is 5. The van der Waals surface area contributed by atoms with Gasteiger partial charge in [-0.2, -0.15) is 10.2 Å². The highest BCUT2D eigenvalue weighted by Crippen LogP contribution is 2.40. The SMILES string of the molecule is CC(C)OC(=O)CNC(=O)CNC(=O)Cn1nc(C2CCN(C(=O)CCC(=O)NCCOCCOCCOCCOCCOCCC(=O)N3CCC(c4ccc(Nc5nc(N6CCC[C@@H](N7CCN(C)C7=O)C6)cnc5C(N)=O)cc4)CC3)CC2)c2c(-c3cc4c(cnn4C)cc3F)cccc21. The lowest BCUT2D eigenvalue weighted by molar-refractivity contribution is -0.147. The molecule has 0 unspecified atom stereocenters. The van der Waals surface area contributed by atoms with Crippen LogP contribution >= 0.6 is 0 Å². The number of nitrogens with two attached hydrogens (primary N) is 1. The first kappa shape index (κ1) is 75.2. The third-order valence-corrected chi connectivity index (χ3v) is 18.7. The highest BCUT2D eigenvalue weighted by atomic mass is 19.1. The minimum Gasteiger partial charge on any atom is -0.462 e.